The van der Waals surface area contributed by atoms with E-state index in [-0.39, 0.29) is 11.8 Å². The number of rotatable bonds is 3. The van der Waals surface area contributed by atoms with Gasteiger partial charge < -0.3 is 5.32 Å². The zero-order chi connectivity index (χ0) is 13.8. The Labute approximate surface area is 120 Å². The van der Waals surface area contributed by atoms with Gasteiger partial charge in [0, 0.05) is 13.1 Å². The molecule has 5 nitrogen and oxygen atoms in total. The summed E-state index contributed by atoms with van der Waals surface area (Å²) in [6.45, 7) is 1.09. The number of benzene rings is 1. The van der Waals surface area contributed by atoms with E-state index < -0.39 is 6.04 Å². The molecule has 0 aliphatic carbocycles. The van der Waals surface area contributed by atoms with Gasteiger partial charge in [-0.3, -0.25) is 15.6 Å². The van der Waals surface area contributed by atoms with E-state index in [1.54, 1.807) is 18.2 Å². The quantitative estimate of drug-likeness (QED) is 0.788. The first kappa shape index (κ1) is 14.1. The SMILES string of the molecule is N#CC(NC(=O)C1CNNC1)c1ccc(Cl)c(Cl)c1. The molecule has 1 aliphatic rings. The summed E-state index contributed by atoms with van der Waals surface area (Å²) in [4.78, 5) is 11.9. The Morgan fingerprint density at radius 2 is 2.05 bits per heavy atom. The van der Waals surface area contributed by atoms with Crippen molar-refractivity contribution in [2.45, 2.75) is 6.04 Å². The Bertz CT molecular complexity index is 523. The van der Waals surface area contributed by atoms with Gasteiger partial charge in [-0.2, -0.15) is 5.26 Å². The fourth-order valence-electron chi connectivity index (χ4n) is 1.79. The number of hydrogen-bond donors (Lipinski definition) is 3. The summed E-state index contributed by atoms with van der Waals surface area (Å²) in [5.41, 5.74) is 6.35. The van der Waals surface area contributed by atoms with Crippen LogP contribution in [0.3, 0.4) is 0 Å². The fraction of sp³-hybridized carbons (Fsp3) is 0.333. The number of amides is 1. The average molecular weight is 299 g/mol. The standard InChI is InChI=1S/C12H12Cl2N4O/c13-9-2-1-7(3-10(9)14)11(4-15)18-12(19)8-5-16-17-6-8/h1-3,8,11,16-17H,5-6H2,(H,18,19). The number of nitriles is 1. The van der Waals surface area contributed by atoms with Crippen LogP contribution in [-0.2, 0) is 4.79 Å². The molecule has 1 fully saturated rings. The molecule has 1 atom stereocenters. The van der Waals surface area contributed by atoms with Crippen LogP contribution < -0.4 is 16.2 Å². The lowest BCUT2D eigenvalue weighted by Gasteiger charge is -2.15. The van der Waals surface area contributed by atoms with E-state index in [0.29, 0.717) is 28.7 Å². The Balaban J connectivity index is 2.09. The molecular formula is C12H12Cl2N4O. The molecule has 1 aromatic rings. The molecule has 19 heavy (non-hydrogen) atoms. The highest BCUT2D eigenvalue weighted by Crippen LogP contribution is 2.25. The number of hydrogen-bond acceptors (Lipinski definition) is 4. The molecule has 0 saturated carbocycles. The minimum absolute atomic E-state index is 0.171. The largest absolute Gasteiger partial charge is 0.336 e. The summed E-state index contributed by atoms with van der Waals surface area (Å²) < 4.78 is 0. The Morgan fingerprint density at radius 3 is 2.63 bits per heavy atom. The van der Waals surface area contributed by atoms with Gasteiger partial charge in [0.1, 0.15) is 6.04 Å². The highest BCUT2D eigenvalue weighted by Gasteiger charge is 2.25. The Kier molecular flexibility index (Phi) is 4.61. The van der Waals surface area contributed by atoms with Crippen LogP contribution in [0.5, 0.6) is 0 Å². The van der Waals surface area contributed by atoms with Crippen molar-refractivity contribution in [2.75, 3.05) is 13.1 Å². The minimum Gasteiger partial charge on any atom is -0.336 e. The van der Waals surface area contributed by atoms with Gasteiger partial charge in [0.2, 0.25) is 5.91 Å². The van der Waals surface area contributed by atoms with Crippen molar-refractivity contribution in [3.05, 3.63) is 33.8 Å². The molecule has 1 amide bonds. The van der Waals surface area contributed by atoms with Crippen LogP contribution in [0.15, 0.2) is 18.2 Å². The zero-order valence-electron chi connectivity index (χ0n) is 9.91. The number of halogens is 2. The zero-order valence-corrected chi connectivity index (χ0v) is 11.4. The molecule has 100 valence electrons. The van der Waals surface area contributed by atoms with E-state index in [0.717, 1.165) is 0 Å². The van der Waals surface area contributed by atoms with E-state index in [1.807, 2.05) is 6.07 Å². The molecule has 7 heteroatoms. The Morgan fingerprint density at radius 1 is 1.37 bits per heavy atom. The van der Waals surface area contributed by atoms with Gasteiger partial charge in [-0.25, -0.2) is 0 Å². The molecule has 2 rings (SSSR count). The van der Waals surface area contributed by atoms with Crippen LogP contribution in [0.4, 0.5) is 0 Å². The summed E-state index contributed by atoms with van der Waals surface area (Å²) in [7, 11) is 0. The topological polar surface area (TPSA) is 77.0 Å². The van der Waals surface area contributed by atoms with Crippen molar-refractivity contribution in [1.29, 1.82) is 5.26 Å². The molecule has 1 aromatic carbocycles. The molecule has 0 radical (unpaired) electrons. The molecule has 1 saturated heterocycles. The molecule has 0 bridgehead atoms. The first-order chi connectivity index (χ1) is 9.11. The maximum Gasteiger partial charge on any atom is 0.227 e. The second-order valence-corrected chi connectivity index (χ2v) is 5.02. The van der Waals surface area contributed by atoms with Crippen LogP contribution in [0.25, 0.3) is 0 Å². The summed E-state index contributed by atoms with van der Waals surface area (Å²) in [5, 5.41) is 12.6. The highest BCUT2D eigenvalue weighted by molar-refractivity contribution is 6.42. The number of nitrogens with one attached hydrogen (secondary N) is 3. The maximum atomic E-state index is 11.9. The van der Waals surface area contributed by atoms with Gasteiger partial charge in [-0.05, 0) is 17.7 Å². The Hall–Kier alpha value is -1.32. The first-order valence-corrected chi connectivity index (χ1v) is 6.48. The average Bonchev–Trinajstić information content (AvgIpc) is 2.93. The van der Waals surface area contributed by atoms with E-state index >= 15 is 0 Å². The lowest BCUT2D eigenvalue weighted by atomic mass is 10.1. The molecule has 3 N–H and O–H groups in total. The maximum absolute atomic E-state index is 11.9. The number of hydrazine groups is 1. The third-order valence-electron chi connectivity index (χ3n) is 2.89. The molecule has 1 heterocycles. The second-order valence-electron chi connectivity index (χ2n) is 4.20. The normalized spacial score (nSPS) is 16.9. The van der Waals surface area contributed by atoms with Gasteiger partial charge >= 0.3 is 0 Å². The third kappa shape index (κ3) is 3.37. The van der Waals surface area contributed by atoms with Gasteiger partial charge in [0.05, 0.1) is 22.0 Å². The van der Waals surface area contributed by atoms with Crippen molar-refractivity contribution in [3.8, 4) is 6.07 Å². The van der Waals surface area contributed by atoms with Crippen LogP contribution in [-0.4, -0.2) is 19.0 Å². The van der Waals surface area contributed by atoms with Gasteiger partial charge in [0.25, 0.3) is 0 Å². The van der Waals surface area contributed by atoms with E-state index in [2.05, 4.69) is 16.2 Å². The smallest absolute Gasteiger partial charge is 0.227 e. The van der Waals surface area contributed by atoms with Crippen LogP contribution in [0, 0.1) is 17.2 Å². The number of nitrogens with zero attached hydrogens (tertiary/aromatic N) is 1. The predicted molar refractivity (Wildman–Crippen MR) is 72.5 cm³/mol. The first-order valence-electron chi connectivity index (χ1n) is 5.72. The lowest BCUT2D eigenvalue weighted by Crippen LogP contribution is -2.35. The summed E-state index contributed by atoms with van der Waals surface area (Å²) in [5.74, 6) is -0.353. The van der Waals surface area contributed by atoms with Crippen molar-refractivity contribution < 1.29 is 4.79 Å². The molecule has 1 unspecified atom stereocenters. The van der Waals surface area contributed by atoms with E-state index in [9.17, 15) is 4.79 Å². The molecule has 1 aliphatic heterocycles. The van der Waals surface area contributed by atoms with Crippen molar-refractivity contribution in [2.24, 2.45) is 5.92 Å². The van der Waals surface area contributed by atoms with Crippen molar-refractivity contribution in [1.82, 2.24) is 16.2 Å². The third-order valence-corrected chi connectivity index (χ3v) is 3.62. The van der Waals surface area contributed by atoms with Crippen molar-refractivity contribution in [3.63, 3.8) is 0 Å². The van der Waals surface area contributed by atoms with Crippen LogP contribution in [0.1, 0.15) is 11.6 Å². The van der Waals surface area contributed by atoms with Gasteiger partial charge in [-0.1, -0.05) is 29.3 Å². The summed E-state index contributed by atoms with van der Waals surface area (Å²) >= 11 is 11.7. The summed E-state index contributed by atoms with van der Waals surface area (Å²) in [6, 6.07) is 6.18. The summed E-state index contributed by atoms with van der Waals surface area (Å²) in [6.07, 6.45) is 0. The van der Waals surface area contributed by atoms with Crippen LogP contribution >= 0.6 is 23.2 Å². The van der Waals surface area contributed by atoms with E-state index in [1.165, 1.54) is 0 Å². The fourth-order valence-corrected chi connectivity index (χ4v) is 2.10. The van der Waals surface area contributed by atoms with Gasteiger partial charge in [0.15, 0.2) is 0 Å². The van der Waals surface area contributed by atoms with Gasteiger partial charge in [-0.15, -0.1) is 0 Å². The highest BCUT2D eigenvalue weighted by atomic mass is 35.5. The predicted octanol–water partition coefficient (Wildman–Crippen LogP) is 1.40. The molecular weight excluding hydrogens is 287 g/mol. The van der Waals surface area contributed by atoms with Crippen LogP contribution in [0.2, 0.25) is 10.0 Å². The lowest BCUT2D eigenvalue weighted by molar-refractivity contribution is -0.124. The molecule has 0 aromatic heterocycles. The monoisotopic (exact) mass is 298 g/mol. The number of carbonyl (C=O) groups excluding carboxylic acids is 1. The van der Waals surface area contributed by atoms with Crippen molar-refractivity contribution >= 4 is 29.1 Å². The number of carbonyl (C=O) groups is 1. The van der Waals surface area contributed by atoms with E-state index in [4.69, 9.17) is 28.5 Å². The minimum atomic E-state index is -0.733. The second kappa shape index (κ2) is 6.22. The molecule has 0 spiro atoms.